The van der Waals surface area contributed by atoms with Gasteiger partial charge in [-0.1, -0.05) is 13.0 Å². The number of ether oxygens (including phenoxy) is 1. The molecule has 208 valence electrons. The first-order chi connectivity index (χ1) is 18.3. The molecule has 3 heterocycles. The monoisotopic (exact) mass is 585 g/mol. The molecule has 1 aromatic carbocycles. The highest BCUT2D eigenvalue weighted by molar-refractivity contribution is 7.66. The molecule has 2 unspecified atom stereocenters. The van der Waals surface area contributed by atoms with Crippen molar-refractivity contribution in [2.24, 2.45) is 16.4 Å². The Labute approximate surface area is 223 Å². The Balaban J connectivity index is 1.83. The van der Waals surface area contributed by atoms with Crippen LogP contribution in [0.5, 0.6) is 11.5 Å². The molecule has 0 spiro atoms. The number of hydrogen-bond acceptors (Lipinski definition) is 9. The summed E-state index contributed by atoms with van der Waals surface area (Å²) in [4.78, 5) is 24.9. The zero-order chi connectivity index (χ0) is 28.5. The third kappa shape index (κ3) is 5.84. The third-order valence-electron chi connectivity index (χ3n) is 5.84. The summed E-state index contributed by atoms with van der Waals surface area (Å²) in [7, 11) is -2.93. The van der Waals surface area contributed by atoms with Crippen molar-refractivity contribution in [1.29, 1.82) is 0 Å². The van der Waals surface area contributed by atoms with Crippen LogP contribution >= 0.6 is 18.9 Å². The number of anilines is 1. The van der Waals surface area contributed by atoms with Gasteiger partial charge in [-0.15, -0.1) is 11.3 Å². The van der Waals surface area contributed by atoms with E-state index in [4.69, 9.17) is 15.0 Å². The van der Waals surface area contributed by atoms with E-state index in [-0.39, 0.29) is 28.3 Å². The highest BCUT2D eigenvalue weighted by atomic mass is 32.1. The van der Waals surface area contributed by atoms with Gasteiger partial charge in [-0.2, -0.15) is 23.0 Å². The van der Waals surface area contributed by atoms with Gasteiger partial charge in [-0.25, -0.2) is 4.68 Å². The second kappa shape index (κ2) is 10.8. The number of amides is 1. The topological polar surface area (TPSA) is 158 Å². The van der Waals surface area contributed by atoms with Crippen LogP contribution in [0.25, 0.3) is 10.6 Å². The van der Waals surface area contributed by atoms with Crippen LogP contribution in [0.15, 0.2) is 45.3 Å². The average Bonchev–Trinajstić information content (AvgIpc) is 3.41. The molecule has 4 N–H and O–H groups in total. The van der Waals surface area contributed by atoms with Crippen LogP contribution in [0.2, 0.25) is 0 Å². The summed E-state index contributed by atoms with van der Waals surface area (Å²) >= 11 is 1.19. The summed E-state index contributed by atoms with van der Waals surface area (Å²) < 4.78 is 68.5. The van der Waals surface area contributed by atoms with Crippen molar-refractivity contribution in [2.45, 2.75) is 26.1 Å². The normalized spacial score (nSPS) is 17.6. The Hall–Kier alpha value is -3.68. The molecule has 0 radical (unpaired) electrons. The van der Waals surface area contributed by atoms with E-state index in [1.165, 1.54) is 29.5 Å². The number of primary amides is 1. The number of amidine groups is 1. The molecule has 0 bridgehead atoms. The smallest absolute Gasteiger partial charge is 0.391 e. The van der Waals surface area contributed by atoms with Gasteiger partial charge < -0.3 is 25.4 Å². The van der Waals surface area contributed by atoms with Crippen LogP contribution in [0, 0.1) is 5.92 Å². The van der Waals surface area contributed by atoms with Crippen molar-refractivity contribution in [2.75, 3.05) is 19.0 Å². The number of aromatic hydroxyl groups is 1. The van der Waals surface area contributed by atoms with Crippen LogP contribution < -0.4 is 26.7 Å². The Morgan fingerprint density at radius 3 is 2.69 bits per heavy atom. The highest BCUT2D eigenvalue weighted by Crippen LogP contribution is 2.52. The summed E-state index contributed by atoms with van der Waals surface area (Å²) in [5.41, 5.74) is 3.85. The maximum atomic E-state index is 13.7. The molecule has 11 nitrogen and oxygen atoms in total. The first-order valence-corrected chi connectivity index (χ1v) is 13.8. The minimum absolute atomic E-state index is 0.0575. The second-order valence-corrected chi connectivity index (χ2v) is 11.6. The largest absolute Gasteiger partial charge is 0.505 e. The average molecular weight is 586 g/mol. The number of alkyl halides is 3. The fraction of sp³-hybridized carbons (Fsp3) is 0.304. The van der Waals surface area contributed by atoms with E-state index in [1.807, 2.05) is 0 Å². The number of halogens is 3. The lowest BCUT2D eigenvalue weighted by Crippen LogP contribution is -2.35. The van der Waals surface area contributed by atoms with Crippen molar-refractivity contribution in [1.82, 2.24) is 9.78 Å². The van der Waals surface area contributed by atoms with Crippen LogP contribution in [0.4, 0.5) is 18.9 Å². The van der Waals surface area contributed by atoms with Crippen LogP contribution in [0.1, 0.15) is 18.9 Å². The third-order valence-corrected chi connectivity index (χ3v) is 8.65. The number of carbonyl (C=O) groups excluding carboxylic acids is 1. The summed E-state index contributed by atoms with van der Waals surface area (Å²) in [6.45, 7) is 0.158. The van der Waals surface area contributed by atoms with Crippen molar-refractivity contribution < 1.29 is 36.9 Å². The predicted octanol–water partition coefficient (Wildman–Crippen LogP) is 3.47. The number of nitrogens with zero attached hydrogens (tertiary/aromatic N) is 3. The lowest BCUT2D eigenvalue weighted by molar-refractivity contribution is -0.171. The van der Waals surface area contributed by atoms with Crippen LogP contribution in [-0.2, 0) is 20.4 Å². The van der Waals surface area contributed by atoms with Crippen molar-refractivity contribution in [3.63, 3.8) is 0 Å². The Bertz CT molecular complexity index is 1540. The SMILES string of the molecule is COP1(=O)N=C(c2c(O)c(-c3cccs3)nn(CCC(C)C(F)(F)F)c2=O)Nc2ccc(OCC(N)=O)cc21. The Morgan fingerprint density at radius 1 is 1.33 bits per heavy atom. The first-order valence-electron chi connectivity index (χ1n) is 11.4. The minimum Gasteiger partial charge on any atom is -0.505 e. The molecule has 2 aromatic heterocycles. The summed E-state index contributed by atoms with van der Waals surface area (Å²) in [5.74, 6) is -3.21. The number of hydrogen-bond donors (Lipinski definition) is 3. The maximum absolute atomic E-state index is 13.7. The molecule has 0 saturated heterocycles. The van der Waals surface area contributed by atoms with Crippen LogP contribution in [-0.4, -0.2) is 46.5 Å². The molecule has 3 aromatic rings. The van der Waals surface area contributed by atoms with Crippen LogP contribution in [0.3, 0.4) is 0 Å². The summed E-state index contributed by atoms with van der Waals surface area (Å²) in [6.07, 6.45) is -4.92. The van der Waals surface area contributed by atoms with Gasteiger partial charge in [0.05, 0.1) is 21.8 Å². The van der Waals surface area contributed by atoms with Gasteiger partial charge in [0.15, 0.2) is 18.2 Å². The summed E-state index contributed by atoms with van der Waals surface area (Å²) in [5, 5.41) is 19.8. The molecule has 1 aliphatic heterocycles. The van der Waals surface area contributed by atoms with Gasteiger partial charge in [0.2, 0.25) is 0 Å². The Morgan fingerprint density at radius 2 is 2.08 bits per heavy atom. The standard InChI is InChI=1S/C23H23F3N5O6PS/c1-12(23(24,25)26)7-8-31-22(34)18(20(33)19(29-31)16-4-3-9-39-16)21-28-14-6-5-13(37-11-17(27)32)10-15(14)38(35,30-21)36-2/h3-6,9-10,12,33H,7-8,11H2,1-2H3,(H2,27,32)(H,28,30,35). The lowest BCUT2D eigenvalue weighted by atomic mass is 10.1. The molecule has 2 atom stereocenters. The first kappa shape index (κ1) is 28.3. The molecule has 39 heavy (non-hydrogen) atoms. The van der Waals surface area contributed by atoms with E-state index < -0.39 is 62.0 Å². The number of thiophene rings is 1. The molecule has 0 aliphatic carbocycles. The number of nitrogens with one attached hydrogen (secondary N) is 1. The molecule has 4 rings (SSSR count). The minimum atomic E-state index is -4.47. The van der Waals surface area contributed by atoms with E-state index in [9.17, 15) is 32.4 Å². The molecule has 1 amide bonds. The molecule has 0 saturated carbocycles. The van der Waals surface area contributed by atoms with E-state index in [2.05, 4.69) is 15.2 Å². The zero-order valence-electron chi connectivity index (χ0n) is 20.6. The zero-order valence-corrected chi connectivity index (χ0v) is 22.3. The summed E-state index contributed by atoms with van der Waals surface area (Å²) in [6, 6.07) is 7.50. The number of nitrogens with two attached hydrogens (primary N) is 1. The van der Waals surface area contributed by atoms with Crippen molar-refractivity contribution in [3.05, 3.63) is 51.6 Å². The van der Waals surface area contributed by atoms with E-state index in [0.29, 0.717) is 4.88 Å². The number of rotatable bonds is 9. The van der Waals surface area contributed by atoms with Gasteiger partial charge in [0.1, 0.15) is 17.0 Å². The molecule has 16 heteroatoms. The molecule has 0 fully saturated rings. The second-order valence-electron chi connectivity index (χ2n) is 8.52. The fourth-order valence-corrected chi connectivity index (χ4v) is 5.91. The molecular weight excluding hydrogens is 562 g/mol. The fourth-order valence-electron chi connectivity index (χ4n) is 3.67. The van der Waals surface area contributed by atoms with Gasteiger partial charge in [-0.05, 0) is 36.1 Å². The van der Waals surface area contributed by atoms with Crippen molar-refractivity contribution in [3.8, 4) is 22.1 Å². The quantitative estimate of drug-likeness (QED) is 0.322. The molecule has 1 aliphatic rings. The van der Waals surface area contributed by atoms with Crippen molar-refractivity contribution >= 4 is 41.6 Å². The van der Waals surface area contributed by atoms with Gasteiger partial charge in [0.25, 0.3) is 11.5 Å². The van der Waals surface area contributed by atoms with Gasteiger partial charge >= 0.3 is 13.7 Å². The van der Waals surface area contributed by atoms with Gasteiger partial charge in [0, 0.05) is 13.7 Å². The predicted molar refractivity (Wildman–Crippen MR) is 139 cm³/mol. The number of fused-ring (bicyclic) bond motifs is 1. The number of benzene rings is 1. The highest BCUT2D eigenvalue weighted by Gasteiger charge is 2.37. The number of aryl methyl sites for hydroxylation is 1. The molecular formula is C23H23F3N5O6PS. The van der Waals surface area contributed by atoms with Gasteiger partial charge in [-0.3, -0.25) is 14.2 Å². The lowest BCUT2D eigenvalue weighted by Gasteiger charge is -2.25. The number of carbonyl (C=O) groups is 1. The Kier molecular flexibility index (Phi) is 7.87. The number of aromatic nitrogens is 2. The van der Waals surface area contributed by atoms with E-state index in [1.54, 1.807) is 17.5 Å². The van der Waals surface area contributed by atoms with E-state index in [0.717, 1.165) is 18.7 Å². The van der Waals surface area contributed by atoms with E-state index >= 15 is 0 Å². The maximum Gasteiger partial charge on any atom is 0.391 e.